The maximum Gasteiger partial charge on any atom is 0.273 e. The van der Waals surface area contributed by atoms with Crippen LogP contribution < -0.4 is 5.73 Å². The second-order valence-corrected chi connectivity index (χ2v) is 6.64. The zero-order valence-corrected chi connectivity index (χ0v) is 12.6. The van der Waals surface area contributed by atoms with E-state index in [-0.39, 0.29) is 5.91 Å². The van der Waals surface area contributed by atoms with E-state index in [1.54, 1.807) is 0 Å². The van der Waals surface area contributed by atoms with Gasteiger partial charge < -0.3 is 10.6 Å². The Hall–Kier alpha value is -0.980. The number of aromatic nitrogens is 1. The highest BCUT2D eigenvalue weighted by molar-refractivity contribution is 7.09. The van der Waals surface area contributed by atoms with E-state index in [0.717, 1.165) is 43.5 Å². The normalized spacial score (nSPS) is 20.4. The number of carbonyl (C=O) groups is 1. The van der Waals surface area contributed by atoms with Gasteiger partial charge in [0, 0.05) is 44.5 Å². The second kappa shape index (κ2) is 6.20. The van der Waals surface area contributed by atoms with Crippen LogP contribution in [0.4, 0.5) is 0 Å². The maximum absolute atomic E-state index is 12.4. The molecule has 6 heteroatoms. The summed E-state index contributed by atoms with van der Waals surface area (Å²) in [6.07, 6.45) is 3.54. The minimum absolute atomic E-state index is 0.0793. The van der Waals surface area contributed by atoms with Gasteiger partial charge >= 0.3 is 0 Å². The Morgan fingerprint density at radius 1 is 1.35 bits per heavy atom. The number of hydrogen-bond acceptors (Lipinski definition) is 5. The molecule has 2 aliphatic rings. The van der Waals surface area contributed by atoms with Gasteiger partial charge in [0.05, 0.1) is 5.01 Å². The molecule has 0 aromatic carbocycles. The fourth-order valence-electron chi connectivity index (χ4n) is 2.61. The van der Waals surface area contributed by atoms with Crippen LogP contribution in [0.15, 0.2) is 5.38 Å². The van der Waals surface area contributed by atoms with Crippen LogP contribution in [-0.2, 0) is 6.42 Å². The smallest absolute Gasteiger partial charge is 0.273 e. The van der Waals surface area contributed by atoms with Gasteiger partial charge in [-0.3, -0.25) is 9.69 Å². The van der Waals surface area contributed by atoms with Crippen molar-refractivity contribution in [1.29, 1.82) is 0 Å². The Kier molecular flexibility index (Phi) is 4.33. The lowest BCUT2D eigenvalue weighted by Crippen LogP contribution is -2.49. The SMILES string of the molecule is NCCc1nc(C(=O)N2CCN(CC3CC3)CC2)cs1. The summed E-state index contributed by atoms with van der Waals surface area (Å²) in [5, 5.41) is 2.83. The highest BCUT2D eigenvalue weighted by Crippen LogP contribution is 2.30. The second-order valence-electron chi connectivity index (χ2n) is 5.70. The Bertz CT molecular complexity index is 463. The minimum Gasteiger partial charge on any atom is -0.335 e. The molecule has 1 amide bonds. The van der Waals surface area contributed by atoms with Gasteiger partial charge in [0.2, 0.25) is 0 Å². The molecular weight excluding hydrogens is 272 g/mol. The molecule has 20 heavy (non-hydrogen) atoms. The molecule has 110 valence electrons. The first-order valence-corrected chi connectivity index (χ1v) is 8.30. The Morgan fingerprint density at radius 3 is 2.75 bits per heavy atom. The van der Waals surface area contributed by atoms with Gasteiger partial charge in [-0.05, 0) is 25.3 Å². The third kappa shape index (κ3) is 3.37. The number of carbonyl (C=O) groups excluding carboxylic acids is 1. The predicted octanol–water partition coefficient (Wildman–Crippen LogP) is 0.812. The first kappa shape index (κ1) is 14.0. The van der Waals surface area contributed by atoms with Crippen molar-refractivity contribution < 1.29 is 4.79 Å². The number of thiazole rings is 1. The van der Waals surface area contributed by atoms with Gasteiger partial charge in [-0.1, -0.05) is 0 Å². The van der Waals surface area contributed by atoms with Gasteiger partial charge in [0.15, 0.2) is 0 Å². The molecule has 2 fully saturated rings. The first-order valence-electron chi connectivity index (χ1n) is 7.42. The van der Waals surface area contributed by atoms with Crippen LogP contribution in [-0.4, -0.2) is 60.0 Å². The number of amides is 1. The Morgan fingerprint density at radius 2 is 2.10 bits per heavy atom. The topological polar surface area (TPSA) is 62.5 Å². The lowest BCUT2D eigenvalue weighted by Gasteiger charge is -2.34. The van der Waals surface area contributed by atoms with Crippen molar-refractivity contribution in [1.82, 2.24) is 14.8 Å². The third-order valence-corrected chi connectivity index (χ3v) is 4.91. The van der Waals surface area contributed by atoms with Crippen LogP contribution in [0.3, 0.4) is 0 Å². The summed E-state index contributed by atoms with van der Waals surface area (Å²) in [7, 11) is 0. The summed E-state index contributed by atoms with van der Waals surface area (Å²) in [5.41, 5.74) is 6.11. The van der Waals surface area contributed by atoms with Crippen LogP contribution in [0.5, 0.6) is 0 Å². The molecule has 2 heterocycles. The summed E-state index contributed by atoms with van der Waals surface area (Å²) in [4.78, 5) is 21.2. The van der Waals surface area contributed by atoms with Crippen molar-refractivity contribution in [3.63, 3.8) is 0 Å². The van der Waals surface area contributed by atoms with E-state index < -0.39 is 0 Å². The van der Waals surface area contributed by atoms with Gasteiger partial charge in [-0.15, -0.1) is 11.3 Å². The molecule has 5 nitrogen and oxygen atoms in total. The summed E-state index contributed by atoms with van der Waals surface area (Å²) in [6, 6.07) is 0. The molecule has 1 aromatic heterocycles. The molecule has 1 saturated carbocycles. The Balaban J connectivity index is 1.52. The molecule has 3 rings (SSSR count). The number of nitrogens with zero attached hydrogens (tertiary/aromatic N) is 3. The van der Waals surface area contributed by atoms with Crippen LogP contribution in [0.25, 0.3) is 0 Å². The van der Waals surface area contributed by atoms with Gasteiger partial charge in [0.1, 0.15) is 5.69 Å². The van der Waals surface area contributed by atoms with Crippen LogP contribution in [0, 0.1) is 5.92 Å². The number of piperazine rings is 1. The summed E-state index contributed by atoms with van der Waals surface area (Å²) in [5.74, 6) is 1.00. The third-order valence-electron chi connectivity index (χ3n) is 4.00. The van der Waals surface area contributed by atoms with Crippen molar-refractivity contribution in [2.75, 3.05) is 39.3 Å². The standard InChI is InChI=1S/C14H22N4OS/c15-4-3-13-16-12(10-20-13)14(19)18-7-5-17(6-8-18)9-11-1-2-11/h10-11H,1-9,15H2. The van der Waals surface area contributed by atoms with Gasteiger partial charge in [-0.2, -0.15) is 0 Å². The summed E-state index contributed by atoms with van der Waals surface area (Å²) in [6.45, 7) is 5.47. The molecule has 0 unspecified atom stereocenters. The zero-order valence-electron chi connectivity index (χ0n) is 11.8. The average molecular weight is 294 g/mol. The van der Waals surface area contributed by atoms with Crippen LogP contribution in [0.1, 0.15) is 28.3 Å². The first-order chi connectivity index (χ1) is 9.76. The van der Waals surface area contributed by atoms with Crippen molar-refractivity contribution in [2.24, 2.45) is 11.7 Å². The van der Waals surface area contributed by atoms with E-state index in [0.29, 0.717) is 12.2 Å². The molecular formula is C14H22N4OS. The van der Waals surface area contributed by atoms with E-state index in [9.17, 15) is 4.79 Å². The number of nitrogens with two attached hydrogens (primary N) is 1. The van der Waals surface area contributed by atoms with Gasteiger partial charge in [-0.25, -0.2) is 4.98 Å². The molecule has 1 aromatic rings. The van der Waals surface area contributed by atoms with Crippen LogP contribution >= 0.6 is 11.3 Å². The summed E-state index contributed by atoms with van der Waals surface area (Å²) >= 11 is 1.53. The molecule has 1 aliphatic carbocycles. The monoisotopic (exact) mass is 294 g/mol. The zero-order chi connectivity index (χ0) is 13.9. The highest BCUT2D eigenvalue weighted by atomic mass is 32.1. The van der Waals surface area contributed by atoms with Gasteiger partial charge in [0.25, 0.3) is 5.91 Å². The van der Waals surface area contributed by atoms with E-state index >= 15 is 0 Å². The molecule has 1 aliphatic heterocycles. The van der Waals surface area contributed by atoms with Crippen LogP contribution in [0.2, 0.25) is 0 Å². The van der Waals surface area contributed by atoms with Crippen molar-refractivity contribution >= 4 is 17.2 Å². The molecule has 0 bridgehead atoms. The van der Waals surface area contributed by atoms with Crippen molar-refractivity contribution in [3.05, 3.63) is 16.1 Å². The quantitative estimate of drug-likeness (QED) is 0.873. The van der Waals surface area contributed by atoms with E-state index in [1.165, 1.54) is 30.7 Å². The Labute approximate surface area is 123 Å². The highest BCUT2D eigenvalue weighted by Gasteiger charge is 2.28. The fourth-order valence-corrected chi connectivity index (χ4v) is 3.40. The molecule has 0 atom stereocenters. The van der Waals surface area contributed by atoms with E-state index in [2.05, 4.69) is 9.88 Å². The maximum atomic E-state index is 12.4. The van der Waals surface area contributed by atoms with Crippen molar-refractivity contribution in [2.45, 2.75) is 19.3 Å². The largest absolute Gasteiger partial charge is 0.335 e. The van der Waals surface area contributed by atoms with E-state index in [1.807, 2.05) is 10.3 Å². The fraction of sp³-hybridized carbons (Fsp3) is 0.714. The number of hydrogen-bond donors (Lipinski definition) is 1. The van der Waals surface area contributed by atoms with E-state index in [4.69, 9.17) is 5.73 Å². The molecule has 1 saturated heterocycles. The predicted molar refractivity (Wildman–Crippen MR) is 79.9 cm³/mol. The average Bonchev–Trinajstić information content (AvgIpc) is 3.15. The minimum atomic E-state index is 0.0793. The lowest BCUT2D eigenvalue weighted by atomic mass is 10.2. The lowest BCUT2D eigenvalue weighted by molar-refractivity contribution is 0.0627. The molecule has 2 N–H and O–H groups in total. The number of rotatable bonds is 5. The summed E-state index contributed by atoms with van der Waals surface area (Å²) < 4.78 is 0. The van der Waals surface area contributed by atoms with Crippen molar-refractivity contribution in [3.8, 4) is 0 Å². The molecule has 0 radical (unpaired) electrons. The molecule has 0 spiro atoms.